The highest BCUT2D eigenvalue weighted by molar-refractivity contribution is 5.88. The molecule has 0 aliphatic carbocycles. The van der Waals surface area contributed by atoms with Crippen LogP contribution in [0.5, 0.6) is 0 Å². The van der Waals surface area contributed by atoms with Crippen LogP contribution in [0.2, 0.25) is 0 Å². The Hall–Kier alpha value is -2.41. The Morgan fingerprint density at radius 1 is 1.00 bits per heavy atom. The zero-order valence-corrected chi connectivity index (χ0v) is 17.5. The molecule has 0 aliphatic heterocycles. The molecule has 0 bridgehead atoms. The number of amides is 3. The van der Waals surface area contributed by atoms with Crippen molar-refractivity contribution in [2.24, 2.45) is 0 Å². The second-order valence-electron chi connectivity index (χ2n) is 6.99. The van der Waals surface area contributed by atoms with Crippen molar-refractivity contribution < 1.29 is 14.4 Å². The molecule has 1 aromatic carbocycles. The third-order valence-electron chi connectivity index (χ3n) is 4.52. The Labute approximate surface area is 168 Å². The largest absolute Gasteiger partial charge is 0.309 e. The summed E-state index contributed by atoms with van der Waals surface area (Å²) in [6, 6.07) is 9.23. The molecule has 28 heavy (non-hydrogen) atoms. The maximum Gasteiger partial charge on any atom is 0.277 e. The number of hydrogen-bond acceptors (Lipinski definition) is 4. The highest BCUT2D eigenvalue weighted by Crippen LogP contribution is 2.18. The summed E-state index contributed by atoms with van der Waals surface area (Å²) in [6.07, 6.45) is 3.58. The van der Waals surface area contributed by atoms with Crippen molar-refractivity contribution in [1.29, 1.82) is 0 Å². The van der Waals surface area contributed by atoms with E-state index >= 15 is 0 Å². The van der Waals surface area contributed by atoms with Gasteiger partial charge in [0.25, 0.3) is 5.91 Å². The molecular weight excluding hydrogens is 356 g/mol. The first-order valence-corrected chi connectivity index (χ1v) is 10.1. The van der Waals surface area contributed by atoms with Crippen molar-refractivity contribution in [3.63, 3.8) is 0 Å². The first-order valence-electron chi connectivity index (χ1n) is 10.1. The molecule has 156 valence electrons. The minimum atomic E-state index is -0.478. The summed E-state index contributed by atoms with van der Waals surface area (Å²) >= 11 is 0. The number of likely N-dealkylation sites (N-methyl/N-ethyl adjacent to an activating group) is 1. The van der Waals surface area contributed by atoms with Gasteiger partial charge in [-0.25, -0.2) is 10.9 Å². The molecule has 0 radical (unpaired) electrons. The number of nitrogens with one attached hydrogen (secondary N) is 3. The van der Waals surface area contributed by atoms with Crippen LogP contribution in [0.15, 0.2) is 30.3 Å². The maximum absolute atomic E-state index is 12.8. The summed E-state index contributed by atoms with van der Waals surface area (Å²) in [5.41, 5.74) is 6.14. The summed E-state index contributed by atoms with van der Waals surface area (Å²) in [5, 5.41) is 3.92. The van der Waals surface area contributed by atoms with Crippen molar-refractivity contribution in [2.75, 3.05) is 7.05 Å². The maximum atomic E-state index is 12.8. The molecule has 3 N–H and O–H groups in total. The first-order chi connectivity index (χ1) is 13.4. The molecule has 1 rings (SSSR count). The summed E-state index contributed by atoms with van der Waals surface area (Å²) in [6.45, 7) is 5.88. The average molecular weight is 391 g/mol. The number of nitrogens with zero attached hydrogens (tertiary/aromatic N) is 1. The number of carbonyl (C=O) groups excluding carboxylic acids is 3. The zero-order chi connectivity index (χ0) is 20.9. The van der Waals surface area contributed by atoms with Crippen LogP contribution in [-0.4, -0.2) is 35.9 Å². The van der Waals surface area contributed by atoms with Crippen LogP contribution in [0.25, 0.3) is 0 Å². The second-order valence-corrected chi connectivity index (χ2v) is 6.99. The molecule has 0 saturated heterocycles. The molecule has 0 saturated carbocycles. The molecule has 0 fully saturated rings. The van der Waals surface area contributed by atoms with E-state index in [0.717, 1.165) is 23.5 Å². The van der Waals surface area contributed by atoms with Crippen molar-refractivity contribution in [1.82, 2.24) is 21.3 Å². The molecule has 7 heteroatoms. The van der Waals surface area contributed by atoms with Crippen LogP contribution in [-0.2, 0) is 14.4 Å². The molecule has 0 spiro atoms. The first kappa shape index (κ1) is 23.6. The number of benzene rings is 1. The van der Waals surface area contributed by atoms with E-state index < -0.39 is 6.04 Å². The molecule has 0 heterocycles. The van der Waals surface area contributed by atoms with Crippen molar-refractivity contribution >= 4 is 17.7 Å². The minimum absolute atomic E-state index is 0.00955. The molecule has 0 aromatic heterocycles. The van der Waals surface area contributed by atoms with Crippen molar-refractivity contribution in [3.8, 4) is 0 Å². The molecule has 7 nitrogen and oxygen atoms in total. The average Bonchev–Trinajstić information content (AvgIpc) is 2.68. The van der Waals surface area contributed by atoms with Crippen LogP contribution in [0.3, 0.4) is 0 Å². The van der Waals surface area contributed by atoms with Gasteiger partial charge in [-0.15, -0.1) is 0 Å². The fourth-order valence-electron chi connectivity index (χ4n) is 2.85. The Bertz CT molecular complexity index is 621. The van der Waals surface area contributed by atoms with Gasteiger partial charge in [-0.1, -0.05) is 63.9 Å². The third-order valence-corrected chi connectivity index (χ3v) is 4.52. The minimum Gasteiger partial charge on any atom is -0.309 e. The molecule has 2 unspecified atom stereocenters. The van der Waals surface area contributed by atoms with Crippen molar-refractivity contribution in [2.45, 2.75) is 71.3 Å². The van der Waals surface area contributed by atoms with Crippen LogP contribution < -0.4 is 16.2 Å². The van der Waals surface area contributed by atoms with Crippen LogP contribution in [0, 0.1) is 0 Å². The van der Waals surface area contributed by atoms with Gasteiger partial charge in [0.15, 0.2) is 0 Å². The van der Waals surface area contributed by atoms with E-state index in [1.54, 1.807) is 7.05 Å². The normalized spacial score (nSPS) is 12.7. The highest BCUT2D eigenvalue weighted by atomic mass is 16.2. The fourth-order valence-corrected chi connectivity index (χ4v) is 2.85. The van der Waals surface area contributed by atoms with Gasteiger partial charge in [-0.2, -0.15) is 5.12 Å². The van der Waals surface area contributed by atoms with Gasteiger partial charge in [-0.05, 0) is 31.4 Å². The number of rotatable bonds is 10. The highest BCUT2D eigenvalue weighted by Gasteiger charge is 2.26. The predicted molar refractivity (Wildman–Crippen MR) is 110 cm³/mol. The number of carbonyl (C=O) groups is 3. The number of unbranched alkanes of at least 4 members (excludes halogenated alkanes) is 1. The van der Waals surface area contributed by atoms with Crippen molar-refractivity contribution in [3.05, 3.63) is 35.9 Å². The summed E-state index contributed by atoms with van der Waals surface area (Å²) in [5.74, 6) is -1.02. The Morgan fingerprint density at radius 3 is 2.21 bits per heavy atom. The molecule has 1 aromatic rings. The van der Waals surface area contributed by atoms with E-state index in [9.17, 15) is 14.4 Å². The van der Waals surface area contributed by atoms with E-state index in [1.807, 2.05) is 51.1 Å². The van der Waals surface area contributed by atoms with E-state index in [1.165, 1.54) is 0 Å². The van der Waals surface area contributed by atoms with Gasteiger partial charge in [0.1, 0.15) is 0 Å². The van der Waals surface area contributed by atoms with E-state index in [4.69, 9.17) is 0 Å². The molecule has 3 amide bonds. The monoisotopic (exact) mass is 390 g/mol. The number of hydrogen-bond donors (Lipinski definition) is 3. The summed E-state index contributed by atoms with van der Waals surface area (Å²) in [4.78, 5) is 37.4. The van der Waals surface area contributed by atoms with Gasteiger partial charge in [0.05, 0.1) is 6.04 Å². The van der Waals surface area contributed by atoms with E-state index in [0.29, 0.717) is 12.8 Å². The quantitative estimate of drug-likeness (QED) is 0.536. The smallest absolute Gasteiger partial charge is 0.277 e. The lowest BCUT2D eigenvalue weighted by atomic mass is 9.98. The second kappa shape index (κ2) is 12.9. The van der Waals surface area contributed by atoms with Crippen LogP contribution in [0.1, 0.15) is 70.8 Å². The molecule has 0 aliphatic rings. The van der Waals surface area contributed by atoms with E-state index in [-0.39, 0.29) is 36.5 Å². The van der Waals surface area contributed by atoms with Gasteiger partial charge in [-0.3, -0.25) is 14.4 Å². The van der Waals surface area contributed by atoms with Crippen LogP contribution in [0.4, 0.5) is 0 Å². The SMILES string of the molecule is CCCCC(NC)C(=O)N(NC(=O)CCC)NC(=O)CC(C)c1ccccc1. The number of hydrazine groups is 2. The van der Waals surface area contributed by atoms with Gasteiger partial charge >= 0.3 is 0 Å². The molecular formula is C21H34N4O3. The van der Waals surface area contributed by atoms with E-state index in [2.05, 4.69) is 16.2 Å². The van der Waals surface area contributed by atoms with Gasteiger partial charge in [0.2, 0.25) is 11.8 Å². The van der Waals surface area contributed by atoms with Crippen LogP contribution >= 0.6 is 0 Å². The lowest BCUT2D eigenvalue weighted by Crippen LogP contribution is -2.60. The standard InChI is InChI=1S/C21H34N4O3/c1-5-7-14-18(22-4)21(28)25(23-19(26)11-6-2)24-20(27)15-16(3)17-12-9-8-10-13-17/h8-10,12-13,16,18,22H,5-7,11,14-15H2,1-4H3,(H,23,26)(H,24,27). The summed E-state index contributed by atoms with van der Waals surface area (Å²) in [7, 11) is 1.70. The fraction of sp³-hybridized carbons (Fsp3) is 0.571. The Morgan fingerprint density at radius 2 is 1.64 bits per heavy atom. The third kappa shape index (κ3) is 8.08. The molecule has 2 atom stereocenters. The van der Waals surface area contributed by atoms with Gasteiger partial charge in [0, 0.05) is 12.8 Å². The Kier molecular flexibility index (Phi) is 10.9. The van der Waals surface area contributed by atoms with Gasteiger partial charge < -0.3 is 5.32 Å². The topological polar surface area (TPSA) is 90.5 Å². The zero-order valence-electron chi connectivity index (χ0n) is 17.5. The Balaban J connectivity index is 2.81. The lowest BCUT2D eigenvalue weighted by Gasteiger charge is -2.28. The lowest BCUT2D eigenvalue weighted by molar-refractivity contribution is -0.152. The predicted octanol–water partition coefficient (Wildman–Crippen LogP) is 2.65. The summed E-state index contributed by atoms with van der Waals surface area (Å²) < 4.78 is 0.